The molecule has 0 unspecified atom stereocenters. The Morgan fingerprint density at radius 1 is 0.750 bits per heavy atom. The zero-order valence-corrected chi connectivity index (χ0v) is 10.6. The van der Waals surface area contributed by atoms with E-state index in [0.29, 0.717) is 11.3 Å². The Labute approximate surface area is 116 Å². The van der Waals surface area contributed by atoms with Gasteiger partial charge in [0.1, 0.15) is 6.07 Å². The monoisotopic (exact) mass is 258 g/mol. The third kappa shape index (κ3) is 2.13. The van der Waals surface area contributed by atoms with Crippen LogP contribution in [0.5, 0.6) is 0 Å². The minimum atomic E-state index is 0.526. The lowest BCUT2D eigenvalue weighted by molar-refractivity contribution is 1.23. The van der Waals surface area contributed by atoms with E-state index in [2.05, 4.69) is 21.0 Å². The standard InChI is InChI=1S/C16H10N4/c17-11-12-5-3-9-19-15(12)13-6-4-10-20-16(13)14-7-1-2-8-18-14/h1-10H. The average molecular weight is 258 g/mol. The van der Waals surface area contributed by atoms with Crippen LogP contribution in [-0.4, -0.2) is 15.0 Å². The third-order valence-electron chi connectivity index (χ3n) is 2.90. The van der Waals surface area contributed by atoms with Crippen molar-refractivity contribution in [3.63, 3.8) is 0 Å². The molecule has 3 aromatic rings. The first-order valence-electron chi connectivity index (χ1n) is 6.12. The van der Waals surface area contributed by atoms with Crippen LogP contribution in [0.1, 0.15) is 5.56 Å². The Kier molecular flexibility index (Phi) is 3.17. The summed E-state index contributed by atoms with van der Waals surface area (Å²) in [6.07, 6.45) is 5.10. The highest BCUT2D eigenvalue weighted by molar-refractivity contribution is 5.79. The summed E-state index contributed by atoms with van der Waals surface area (Å²) < 4.78 is 0. The lowest BCUT2D eigenvalue weighted by Gasteiger charge is -2.08. The predicted octanol–water partition coefficient (Wildman–Crippen LogP) is 3.08. The van der Waals surface area contributed by atoms with Crippen molar-refractivity contribution in [3.05, 3.63) is 66.6 Å². The molecule has 0 amide bonds. The van der Waals surface area contributed by atoms with Gasteiger partial charge >= 0.3 is 0 Å². The summed E-state index contributed by atoms with van der Waals surface area (Å²) in [7, 11) is 0. The van der Waals surface area contributed by atoms with Crippen molar-refractivity contribution < 1.29 is 0 Å². The number of pyridine rings is 3. The maximum atomic E-state index is 9.22. The number of nitriles is 1. The zero-order chi connectivity index (χ0) is 13.8. The largest absolute Gasteiger partial charge is 0.255 e. The van der Waals surface area contributed by atoms with E-state index >= 15 is 0 Å². The summed E-state index contributed by atoms with van der Waals surface area (Å²) in [5, 5.41) is 9.22. The number of aromatic nitrogens is 3. The molecular formula is C16H10N4. The van der Waals surface area contributed by atoms with Gasteiger partial charge in [0.05, 0.1) is 22.6 Å². The van der Waals surface area contributed by atoms with E-state index in [1.807, 2.05) is 30.3 Å². The van der Waals surface area contributed by atoms with Crippen LogP contribution in [0.3, 0.4) is 0 Å². The molecule has 0 spiro atoms. The van der Waals surface area contributed by atoms with Gasteiger partial charge in [-0.15, -0.1) is 0 Å². The van der Waals surface area contributed by atoms with Crippen molar-refractivity contribution in [2.24, 2.45) is 0 Å². The van der Waals surface area contributed by atoms with Crippen LogP contribution in [0, 0.1) is 11.3 Å². The van der Waals surface area contributed by atoms with E-state index in [1.165, 1.54) is 0 Å². The Bertz CT molecular complexity index is 776. The smallest absolute Gasteiger partial charge is 0.101 e. The third-order valence-corrected chi connectivity index (χ3v) is 2.90. The summed E-state index contributed by atoms with van der Waals surface area (Å²) >= 11 is 0. The normalized spacial score (nSPS) is 9.95. The Hall–Kier alpha value is -3.06. The fourth-order valence-corrected chi connectivity index (χ4v) is 2.01. The fourth-order valence-electron chi connectivity index (χ4n) is 2.01. The summed E-state index contributed by atoms with van der Waals surface area (Å²) in [5.74, 6) is 0. The fraction of sp³-hybridized carbons (Fsp3) is 0. The molecule has 4 heteroatoms. The Morgan fingerprint density at radius 2 is 1.50 bits per heavy atom. The molecule has 0 aromatic carbocycles. The van der Waals surface area contributed by atoms with Crippen LogP contribution in [0.2, 0.25) is 0 Å². The molecule has 3 aromatic heterocycles. The summed E-state index contributed by atoms with van der Waals surface area (Å²) in [6, 6.07) is 15.0. The molecule has 0 bridgehead atoms. The van der Waals surface area contributed by atoms with Gasteiger partial charge < -0.3 is 0 Å². The Morgan fingerprint density at radius 3 is 2.25 bits per heavy atom. The zero-order valence-electron chi connectivity index (χ0n) is 10.6. The van der Waals surface area contributed by atoms with Crippen LogP contribution in [-0.2, 0) is 0 Å². The molecule has 0 atom stereocenters. The minimum absolute atomic E-state index is 0.526. The van der Waals surface area contributed by atoms with Gasteiger partial charge in [0.2, 0.25) is 0 Å². The molecule has 0 aliphatic rings. The van der Waals surface area contributed by atoms with E-state index < -0.39 is 0 Å². The second kappa shape index (κ2) is 5.29. The highest BCUT2D eigenvalue weighted by atomic mass is 14.8. The van der Waals surface area contributed by atoms with Crippen molar-refractivity contribution in [2.75, 3.05) is 0 Å². The summed E-state index contributed by atoms with van der Waals surface area (Å²) in [4.78, 5) is 13.0. The van der Waals surface area contributed by atoms with E-state index in [9.17, 15) is 5.26 Å². The Balaban J connectivity index is 2.24. The molecule has 0 radical (unpaired) electrons. The van der Waals surface area contributed by atoms with Gasteiger partial charge in [-0.2, -0.15) is 5.26 Å². The van der Waals surface area contributed by atoms with Crippen molar-refractivity contribution in [1.29, 1.82) is 5.26 Å². The molecule has 0 aliphatic heterocycles. The van der Waals surface area contributed by atoms with Crippen LogP contribution >= 0.6 is 0 Å². The molecule has 0 aliphatic carbocycles. The van der Waals surface area contributed by atoms with Gasteiger partial charge in [-0.3, -0.25) is 15.0 Å². The molecule has 0 N–H and O–H groups in total. The molecule has 4 nitrogen and oxygen atoms in total. The average Bonchev–Trinajstić information content (AvgIpc) is 2.55. The first-order chi connectivity index (χ1) is 9.90. The summed E-state index contributed by atoms with van der Waals surface area (Å²) in [6.45, 7) is 0. The first kappa shape index (κ1) is 12.0. The summed E-state index contributed by atoms with van der Waals surface area (Å²) in [5.41, 5.74) is 3.45. The number of hydrogen-bond donors (Lipinski definition) is 0. The SMILES string of the molecule is N#Cc1cccnc1-c1cccnc1-c1ccccn1. The molecule has 0 fully saturated rings. The second-order valence-electron chi connectivity index (χ2n) is 4.13. The first-order valence-corrected chi connectivity index (χ1v) is 6.12. The van der Waals surface area contributed by atoms with E-state index in [0.717, 1.165) is 17.0 Å². The van der Waals surface area contributed by atoms with Crippen LogP contribution < -0.4 is 0 Å². The van der Waals surface area contributed by atoms with Crippen molar-refractivity contribution >= 4 is 0 Å². The van der Waals surface area contributed by atoms with Gasteiger partial charge in [0.15, 0.2) is 0 Å². The van der Waals surface area contributed by atoms with Gasteiger partial charge in [-0.05, 0) is 36.4 Å². The van der Waals surface area contributed by atoms with Crippen molar-refractivity contribution in [3.8, 4) is 28.7 Å². The highest BCUT2D eigenvalue weighted by Crippen LogP contribution is 2.29. The van der Waals surface area contributed by atoms with Crippen molar-refractivity contribution in [1.82, 2.24) is 15.0 Å². The predicted molar refractivity (Wildman–Crippen MR) is 75.4 cm³/mol. The molecular weight excluding hydrogens is 248 g/mol. The molecule has 0 saturated heterocycles. The van der Waals surface area contributed by atoms with E-state index in [1.54, 1.807) is 30.7 Å². The molecule has 20 heavy (non-hydrogen) atoms. The van der Waals surface area contributed by atoms with E-state index in [-0.39, 0.29) is 0 Å². The van der Waals surface area contributed by atoms with Crippen LogP contribution in [0.25, 0.3) is 22.6 Å². The number of hydrogen-bond acceptors (Lipinski definition) is 4. The molecule has 94 valence electrons. The van der Waals surface area contributed by atoms with Gasteiger partial charge in [-0.25, -0.2) is 0 Å². The lowest BCUT2D eigenvalue weighted by atomic mass is 10.0. The molecule has 3 heterocycles. The molecule has 0 saturated carbocycles. The maximum Gasteiger partial charge on any atom is 0.101 e. The van der Waals surface area contributed by atoms with E-state index in [4.69, 9.17) is 0 Å². The quantitative estimate of drug-likeness (QED) is 0.708. The van der Waals surface area contributed by atoms with Gasteiger partial charge in [0.25, 0.3) is 0 Å². The van der Waals surface area contributed by atoms with Crippen molar-refractivity contribution in [2.45, 2.75) is 0 Å². The molecule has 3 rings (SSSR count). The topological polar surface area (TPSA) is 62.5 Å². The second-order valence-corrected chi connectivity index (χ2v) is 4.13. The van der Waals surface area contributed by atoms with Gasteiger partial charge in [0, 0.05) is 24.2 Å². The highest BCUT2D eigenvalue weighted by Gasteiger charge is 2.13. The number of rotatable bonds is 2. The van der Waals surface area contributed by atoms with Gasteiger partial charge in [-0.1, -0.05) is 6.07 Å². The lowest BCUT2D eigenvalue weighted by Crippen LogP contribution is -1.94. The van der Waals surface area contributed by atoms with Crippen LogP contribution in [0.15, 0.2) is 61.1 Å². The maximum absolute atomic E-state index is 9.22. The minimum Gasteiger partial charge on any atom is -0.255 e. The van der Waals surface area contributed by atoms with Crippen LogP contribution in [0.4, 0.5) is 0 Å². The number of nitrogens with zero attached hydrogens (tertiary/aromatic N) is 4.